The van der Waals surface area contributed by atoms with Crippen LogP contribution in [-0.2, 0) is 17.8 Å². The zero-order valence-electron chi connectivity index (χ0n) is 15.8. The Morgan fingerprint density at radius 3 is 2.66 bits per heavy atom. The third-order valence-electron chi connectivity index (χ3n) is 4.78. The van der Waals surface area contributed by atoms with Crippen LogP contribution >= 0.6 is 15.9 Å². The number of benzene rings is 3. The number of aryl methyl sites for hydroxylation is 1. The highest BCUT2D eigenvalue weighted by atomic mass is 79.9. The zero-order chi connectivity index (χ0) is 20.4. The number of hydrogen-bond donors (Lipinski definition) is 1. The van der Waals surface area contributed by atoms with E-state index in [0.29, 0.717) is 18.7 Å². The molecular weight excluding hydrogens is 433 g/mol. The van der Waals surface area contributed by atoms with Crippen molar-refractivity contribution in [1.29, 1.82) is 0 Å². The number of rotatable bonds is 5. The Bertz CT molecular complexity index is 1180. The van der Waals surface area contributed by atoms with Gasteiger partial charge in [-0.15, -0.1) is 0 Å². The number of carbonyl (C=O) groups is 1. The summed E-state index contributed by atoms with van der Waals surface area (Å²) in [7, 11) is 0. The molecule has 1 heterocycles. The van der Waals surface area contributed by atoms with Gasteiger partial charge in [-0.3, -0.25) is 9.48 Å². The summed E-state index contributed by atoms with van der Waals surface area (Å²) in [6.45, 7) is 2.54. The van der Waals surface area contributed by atoms with Gasteiger partial charge in [0, 0.05) is 21.7 Å². The van der Waals surface area contributed by atoms with Crippen molar-refractivity contribution in [2.45, 2.75) is 19.9 Å². The molecule has 1 N–H and O–H groups in total. The fourth-order valence-electron chi connectivity index (χ4n) is 3.25. The van der Waals surface area contributed by atoms with Crippen molar-refractivity contribution < 1.29 is 9.18 Å². The topological polar surface area (TPSA) is 46.9 Å². The minimum Gasteiger partial charge on any atom is -0.326 e. The van der Waals surface area contributed by atoms with Crippen molar-refractivity contribution >= 4 is 38.4 Å². The maximum atomic E-state index is 13.1. The van der Waals surface area contributed by atoms with Crippen LogP contribution in [-0.4, -0.2) is 15.7 Å². The van der Waals surface area contributed by atoms with Gasteiger partial charge in [0.05, 0.1) is 18.5 Å². The Balaban J connectivity index is 1.53. The van der Waals surface area contributed by atoms with Gasteiger partial charge in [0.15, 0.2) is 0 Å². The molecule has 0 aliphatic rings. The van der Waals surface area contributed by atoms with E-state index in [1.165, 1.54) is 12.1 Å². The molecule has 0 unspecified atom stereocenters. The average Bonchev–Trinajstić information content (AvgIpc) is 3.08. The number of hydrogen-bond acceptors (Lipinski definition) is 2. The Morgan fingerprint density at radius 1 is 1.14 bits per heavy atom. The first-order valence-electron chi connectivity index (χ1n) is 9.23. The van der Waals surface area contributed by atoms with E-state index in [-0.39, 0.29) is 11.7 Å². The fourth-order valence-corrected chi connectivity index (χ4v) is 3.80. The summed E-state index contributed by atoms with van der Waals surface area (Å²) in [6, 6.07) is 18.0. The molecule has 6 heteroatoms. The van der Waals surface area contributed by atoms with Crippen LogP contribution in [0.4, 0.5) is 10.1 Å². The van der Waals surface area contributed by atoms with E-state index in [9.17, 15) is 9.18 Å². The van der Waals surface area contributed by atoms with Gasteiger partial charge in [-0.25, -0.2) is 4.39 Å². The molecule has 146 valence electrons. The molecule has 29 heavy (non-hydrogen) atoms. The third kappa shape index (κ3) is 4.54. The van der Waals surface area contributed by atoms with E-state index in [0.717, 1.165) is 32.1 Å². The number of nitrogens with zero attached hydrogens (tertiary/aromatic N) is 2. The standard InChI is InChI=1S/C23H19BrFN3O/c1-15-4-2-3-5-17(15)10-23(29)26-19-11-21(24)20-14-28(27-22(20)12-19)13-16-6-8-18(25)9-7-16/h2-9,11-12,14H,10,13H2,1H3,(H,26,29). The van der Waals surface area contributed by atoms with E-state index >= 15 is 0 Å². The van der Waals surface area contributed by atoms with Crippen molar-refractivity contribution in [1.82, 2.24) is 9.78 Å². The molecule has 0 spiro atoms. The molecular formula is C23H19BrFN3O. The number of anilines is 1. The number of amides is 1. The largest absolute Gasteiger partial charge is 0.326 e. The van der Waals surface area contributed by atoms with E-state index in [4.69, 9.17) is 0 Å². The lowest BCUT2D eigenvalue weighted by Crippen LogP contribution is -2.15. The van der Waals surface area contributed by atoms with Gasteiger partial charge in [-0.1, -0.05) is 36.4 Å². The van der Waals surface area contributed by atoms with Crippen molar-refractivity contribution in [2.24, 2.45) is 0 Å². The second kappa shape index (κ2) is 8.17. The summed E-state index contributed by atoms with van der Waals surface area (Å²) in [4.78, 5) is 12.5. The van der Waals surface area contributed by atoms with E-state index < -0.39 is 0 Å². The molecule has 4 rings (SSSR count). The maximum absolute atomic E-state index is 13.1. The molecule has 0 saturated carbocycles. The molecule has 4 aromatic rings. The molecule has 0 atom stereocenters. The number of halogens is 2. The summed E-state index contributed by atoms with van der Waals surface area (Å²) in [6.07, 6.45) is 2.25. The number of carbonyl (C=O) groups excluding carboxylic acids is 1. The normalized spacial score (nSPS) is 11.0. The first-order valence-corrected chi connectivity index (χ1v) is 10.0. The van der Waals surface area contributed by atoms with Crippen LogP contribution in [0.15, 0.2) is 71.3 Å². The molecule has 1 amide bonds. The van der Waals surface area contributed by atoms with Gasteiger partial charge >= 0.3 is 0 Å². The predicted octanol–water partition coefficient (Wildman–Crippen LogP) is 5.48. The maximum Gasteiger partial charge on any atom is 0.228 e. The molecule has 0 saturated heterocycles. The minimum atomic E-state index is -0.256. The van der Waals surface area contributed by atoms with Crippen LogP contribution in [0, 0.1) is 12.7 Å². The van der Waals surface area contributed by atoms with E-state index in [2.05, 4.69) is 26.3 Å². The van der Waals surface area contributed by atoms with Crippen LogP contribution < -0.4 is 5.32 Å². The average molecular weight is 452 g/mol. The SMILES string of the molecule is Cc1ccccc1CC(=O)Nc1cc(Br)c2cn(Cc3ccc(F)cc3)nc2c1. The van der Waals surface area contributed by atoms with Crippen molar-refractivity contribution in [3.63, 3.8) is 0 Å². The second-order valence-electron chi connectivity index (χ2n) is 7.00. The van der Waals surface area contributed by atoms with Gasteiger partial charge in [0.25, 0.3) is 0 Å². The molecule has 0 fully saturated rings. The summed E-state index contributed by atoms with van der Waals surface area (Å²) in [5.41, 5.74) is 4.53. The molecule has 1 aromatic heterocycles. The Labute approximate surface area is 176 Å². The third-order valence-corrected chi connectivity index (χ3v) is 5.43. The summed E-state index contributed by atoms with van der Waals surface area (Å²) in [5, 5.41) is 8.50. The van der Waals surface area contributed by atoms with Crippen LogP contribution in [0.3, 0.4) is 0 Å². The van der Waals surface area contributed by atoms with Gasteiger partial charge in [-0.05, 0) is 63.8 Å². The van der Waals surface area contributed by atoms with Gasteiger partial charge < -0.3 is 5.32 Å². The Morgan fingerprint density at radius 2 is 1.90 bits per heavy atom. The summed E-state index contributed by atoms with van der Waals surface area (Å²) >= 11 is 3.57. The molecule has 0 radical (unpaired) electrons. The van der Waals surface area contributed by atoms with Gasteiger partial charge in [0.1, 0.15) is 5.82 Å². The van der Waals surface area contributed by atoms with Gasteiger partial charge in [0.2, 0.25) is 5.91 Å². The Kier molecular flexibility index (Phi) is 5.45. The first-order chi connectivity index (χ1) is 14.0. The smallest absolute Gasteiger partial charge is 0.228 e. The van der Waals surface area contributed by atoms with Crippen molar-refractivity contribution in [3.05, 3.63) is 93.8 Å². The monoisotopic (exact) mass is 451 g/mol. The molecule has 0 aliphatic carbocycles. The molecule has 0 aliphatic heterocycles. The highest BCUT2D eigenvalue weighted by molar-refractivity contribution is 9.10. The lowest BCUT2D eigenvalue weighted by molar-refractivity contribution is -0.115. The minimum absolute atomic E-state index is 0.0729. The quantitative estimate of drug-likeness (QED) is 0.436. The lowest BCUT2D eigenvalue weighted by atomic mass is 10.1. The number of aromatic nitrogens is 2. The number of nitrogens with one attached hydrogen (secondary N) is 1. The first kappa shape index (κ1) is 19.3. The van der Waals surface area contributed by atoms with Crippen LogP contribution in [0.1, 0.15) is 16.7 Å². The van der Waals surface area contributed by atoms with E-state index in [1.54, 1.807) is 12.1 Å². The highest BCUT2D eigenvalue weighted by Crippen LogP contribution is 2.28. The van der Waals surface area contributed by atoms with E-state index in [1.807, 2.05) is 54.2 Å². The fraction of sp³-hybridized carbons (Fsp3) is 0.130. The lowest BCUT2D eigenvalue weighted by Gasteiger charge is -2.08. The molecule has 4 nitrogen and oxygen atoms in total. The van der Waals surface area contributed by atoms with Crippen molar-refractivity contribution in [2.75, 3.05) is 5.32 Å². The number of fused-ring (bicyclic) bond motifs is 1. The highest BCUT2D eigenvalue weighted by Gasteiger charge is 2.11. The predicted molar refractivity (Wildman–Crippen MR) is 116 cm³/mol. The second-order valence-corrected chi connectivity index (χ2v) is 7.85. The van der Waals surface area contributed by atoms with Crippen LogP contribution in [0.5, 0.6) is 0 Å². The Hall–Kier alpha value is -2.99. The van der Waals surface area contributed by atoms with Crippen LogP contribution in [0.2, 0.25) is 0 Å². The van der Waals surface area contributed by atoms with Crippen LogP contribution in [0.25, 0.3) is 10.9 Å². The van der Waals surface area contributed by atoms with Crippen molar-refractivity contribution in [3.8, 4) is 0 Å². The summed E-state index contributed by atoms with van der Waals surface area (Å²) < 4.78 is 15.8. The molecule has 3 aromatic carbocycles. The molecule has 0 bridgehead atoms. The van der Waals surface area contributed by atoms with Gasteiger partial charge in [-0.2, -0.15) is 5.10 Å². The zero-order valence-corrected chi connectivity index (χ0v) is 17.4. The summed E-state index contributed by atoms with van der Waals surface area (Å²) in [5.74, 6) is -0.329.